The van der Waals surface area contributed by atoms with Crippen LogP contribution in [0.4, 0.5) is 41.2 Å². The first-order valence-electron chi connectivity index (χ1n) is 12.2. The zero-order chi connectivity index (χ0) is 25.6. The highest BCUT2D eigenvalue weighted by Gasteiger charge is 2.40. The fourth-order valence-corrected chi connectivity index (χ4v) is 5.12. The Balaban J connectivity index is 1.31. The molecule has 0 saturated carbocycles. The number of benzene rings is 1. The first-order valence-corrected chi connectivity index (χ1v) is 12.2. The van der Waals surface area contributed by atoms with Crippen molar-refractivity contribution in [2.45, 2.75) is 18.6 Å². The van der Waals surface area contributed by atoms with Gasteiger partial charge in [0.15, 0.2) is 5.82 Å². The van der Waals surface area contributed by atoms with Crippen molar-refractivity contribution in [2.75, 3.05) is 59.3 Å². The minimum atomic E-state index is -4.46. The standard InChI is InChI=1S/C25H25F3N8O/c26-25(27,28)17-3-1-2-16(14-17)19-4-5-20-22(31-19)36(18-7-11-35(20)15-18)24(37)33-23-30-8-6-21(32-23)34-12-9-29-10-13-34/h1-6,8,14,18,29H,7,9-13,15H2,(H,30,32,33,37). The van der Waals surface area contributed by atoms with Gasteiger partial charge in [-0.05, 0) is 36.8 Å². The summed E-state index contributed by atoms with van der Waals surface area (Å²) in [5.41, 5.74) is 0.722. The molecule has 0 aliphatic carbocycles. The second-order valence-corrected chi connectivity index (χ2v) is 9.28. The van der Waals surface area contributed by atoms with E-state index in [1.807, 2.05) is 12.1 Å². The lowest BCUT2D eigenvalue weighted by Crippen LogP contribution is -2.48. The summed E-state index contributed by atoms with van der Waals surface area (Å²) in [5, 5.41) is 6.12. The highest BCUT2D eigenvalue weighted by atomic mass is 19.4. The molecule has 3 aromatic rings. The number of nitrogens with one attached hydrogen (secondary N) is 2. The molecule has 2 fully saturated rings. The highest BCUT2D eigenvalue weighted by Crippen LogP contribution is 2.41. The van der Waals surface area contributed by atoms with Gasteiger partial charge < -0.3 is 15.1 Å². The summed E-state index contributed by atoms with van der Waals surface area (Å²) < 4.78 is 39.9. The molecule has 2 amide bonds. The zero-order valence-electron chi connectivity index (χ0n) is 19.9. The normalized spacial score (nSPS) is 19.1. The summed E-state index contributed by atoms with van der Waals surface area (Å²) in [4.78, 5) is 32.9. The minimum Gasteiger partial charge on any atom is -0.366 e. The van der Waals surface area contributed by atoms with Gasteiger partial charge in [0.1, 0.15) is 5.82 Å². The van der Waals surface area contributed by atoms with Crippen molar-refractivity contribution in [3.05, 3.63) is 54.2 Å². The SMILES string of the molecule is O=C(Nc1nccc(N2CCNCC2)n1)N1c2nc(-c3cccc(C(F)(F)F)c3)ccc2N2CCC1C2. The van der Waals surface area contributed by atoms with Crippen LogP contribution in [-0.2, 0) is 6.18 Å². The summed E-state index contributed by atoms with van der Waals surface area (Å²) in [7, 11) is 0. The number of pyridine rings is 1. The van der Waals surface area contributed by atoms with Crippen molar-refractivity contribution >= 4 is 29.3 Å². The number of alkyl halides is 3. The van der Waals surface area contributed by atoms with Crippen LogP contribution in [0.3, 0.4) is 0 Å². The van der Waals surface area contributed by atoms with Crippen molar-refractivity contribution in [3.8, 4) is 11.3 Å². The fourth-order valence-electron chi connectivity index (χ4n) is 5.12. The van der Waals surface area contributed by atoms with E-state index in [2.05, 4.69) is 35.4 Å². The maximum Gasteiger partial charge on any atom is 0.416 e. The number of hydrogen-bond donors (Lipinski definition) is 2. The monoisotopic (exact) mass is 510 g/mol. The predicted molar refractivity (Wildman–Crippen MR) is 134 cm³/mol. The molecule has 5 heterocycles. The molecule has 2 bridgehead atoms. The number of nitrogens with zero attached hydrogens (tertiary/aromatic N) is 6. The third-order valence-corrected chi connectivity index (χ3v) is 6.96. The molecule has 2 aromatic heterocycles. The van der Waals surface area contributed by atoms with Gasteiger partial charge in [-0.3, -0.25) is 10.2 Å². The number of carbonyl (C=O) groups is 1. The molecule has 6 rings (SSSR count). The van der Waals surface area contributed by atoms with Crippen LogP contribution < -0.4 is 25.3 Å². The molecular weight excluding hydrogens is 485 g/mol. The molecule has 0 spiro atoms. The Hall–Kier alpha value is -3.93. The number of anilines is 4. The van der Waals surface area contributed by atoms with Crippen LogP contribution in [-0.4, -0.2) is 66.3 Å². The summed E-state index contributed by atoms with van der Waals surface area (Å²) in [5.74, 6) is 1.35. The van der Waals surface area contributed by atoms with E-state index < -0.39 is 17.8 Å². The number of hydrogen-bond acceptors (Lipinski definition) is 7. The van der Waals surface area contributed by atoms with E-state index in [0.717, 1.165) is 62.8 Å². The molecule has 0 radical (unpaired) electrons. The number of rotatable bonds is 3. The van der Waals surface area contributed by atoms with Gasteiger partial charge in [-0.25, -0.2) is 14.8 Å². The van der Waals surface area contributed by atoms with E-state index in [0.29, 0.717) is 23.6 Å². The van der Waals surface area contributed by atoms with Gasteiger partial charge in [0.2, 0.25) is 5.95 Å². The second kappa shape index (κ2) is 9.18. The average Bonchev–Trinajstić information content (AvgIpc) is 3.33. The van der Waals surface area contributed by atoms with Crippen LogP contribution in [0.5, 0.6) is 0 Å². The number of aromatic nitrogens is 3. The Labute approximate surface area is 211 Å². The molecule has 1 aromatic carbocycles. The highest BCUT2D eigenvalue weighted by molar-refractivity contribution is 6.04. The molecule has 1 atom stereocenters. The van der Waals surface area contributed by atoms with Crippen LogP contribution in [0.15, 0.2) is 48.7 Å². The third-order valence-electron chi connectivity index (χ3n) is 6.96. The number of carbonyl (C=O) groups excluding carboxylic acids is 1. The molecule has 37 heavy (non-hydrogen) atoms. The number of urea groups is 1. The van der Waals surface area contributed by atoms with Gasteiger partial charge in [0.05, 0.1) is 23.0 Å². The van der Waals surface area contributed by atoms with E-state index in [-0.39, 0.29) is 12.0 Å². The number of piperazine rings is 1. The topological polar surface area (TPSA) is 89.5 Å². The molecule has 3 aliphatic heterocycles. The van der Waals surface area contributed by atoms with Crippen molar-refractivity contribution in [3.63, 3.8) is 0 Å². The van der Waals surface area contributed by atoms with E-state index in [4.69, 9.17) is 0 Å². The number of amides is 2. The summed E-state index contributed by atoms with van der Waals surface area (Å²) in [6.45, 7) is 4.75. The van der Waals surface area contributed by atoms with Gasteiger partial charge in [-0.15, -0.1) is 0 Å². The van der Waals surface area contributed by atoms with Gasteiger partial charge in [0, 0.05) is 51.0 Å². The van der Waals surface area contributed by atoms with Crippen molar-refractivity contribution < 1.29 is 18.0 Å². The van der Waals surface area contributed by atoms with E-state index in [9.17, 15) is 18.0 Å². The van der Waals surface area contributed by atoms with Crippen molar-refractivity contribution in [2.24, 2.45) is 0 Å². The maximum absolute atomic E-state index is 13.5. The summed E-state index contributed by atoms with van der Waals surface area (Å²) in [6.07, 6.45) is -2.09. The first kappa shape index (κ1) is 23.5. The lowest BCUT2D eigenvalue weighted by Gasteiger charge is -2.35. The van der Waals surface area contributed by atoms with E-state index in [1.165, 1.54) is 6.07 Å². The third kappa shape index (κ3) is 4.52. The molecule has 3 aliphatic rings. The maximum atomic E-state index is 13.5. The smallest absolute Gasteiger partial charge is 0.366 e. The fraction of sp³-hybridized carbons (Fsp3) is 0.360. The van der Waals surface area contributed by atoms with Crippen LogP contribution >= 0.6 is 0 Å². The van der Waals surface area contributed by atoms with Crippen molar-refractivity contribution in [1.82, 2.24) is 20.3 Å². The van der Waals surface area contributed by atoms with Gasteiger partial charge in [-0.2, -0.15) is 18.2 Å². The van der Waals surface area contributed by atoms with Gasteiger partial charge >= 0.3 is 12.2 Å². The van der Waals surface area contributed by atoms with Gasteiger partial charge in [-0.1, -0.05) is 12.1 Å². The van der Waals surface area contributed by atoms with E-state index >= 15 is 0 Å². The molecular formula is C25H25F3N8O. The van der Waals surface area contributed by atoms with E-state index in [1.54, 1.807) is 23.2 Å². The quantitative estimate of drug-likeness (QED) is 0.557. The Morgan fingerprint density at radius 3 is 2.68 bits per heavy atom. The lowest BCUT2D eigenvalue weighted by atomic mass is 10.1. The van der Waals surface area contributed by atoms with Crippen LogP contribution in [0, 0.1) is 0 Å². The Morgan fingerprint density at radius 1 is 1.03 bits per heavy atom. The molecule has 192 valence electrons. The molecule has 2 N–H and O–H groups in total. The van der Waals surface area contributed by atoms with Crippen LogP contribution in [0.1, 0.15) is 12.0 Å². The van der Waals surface area contributed by atoms with Crippen LogP contribution in [0.25, 0.3) is 11.3 Å². The predicted octanol–water partition coefficient (Wildman–Crippen LogP) is 3.60. The molecule has 2 saturated heterocycles. The largest absolute Gasteiger partial charge is 0.416 e. The zero-order valence-corrected chi connectivity index (χ0v) is 19.9. The average molecular weight is 511 g/mol. The summed E-state index contributed by atoms with van der Waals surface area (Å²) >= 11 is 0. The summed E-state index contributed by atoms with van der Waals surface area (Å²) in [6, 6.07) is 9.85. The Bertz CT molecular complexity index is 1330. The van der Waals surface area contributed by atoms with Crippen molar-refractivity contribution in [1.29, 1.82) is 0 Å². The number of fused-ring (bicyclic) bond motifs is 4. The minimum absolute atomic E-state index is 0.117. The lowest BCUT2D eigenvalue weighted by molar-refractivity contribution is -0.137. The molecule has 12 heteroatoms. The molecule has 1 unspecified atom stereocenters. The Morgan fingerprint density at radius 2 is 1.86 bits per heavy atom. The Kier molecular flexibility index (Phi) is 5.82. The van der Waals surface area contributed by atoms with Crippen LogP contribution in [0.2, 0.25) is 0 Å². The molecule has 9 nitrogen and oxygen atoms in total. The number of halogens is 3. The second-order valence-electron chi connectivity index (χ2n) is 9.28. The first-order chi connectivity index (χ1) is 17.9. The van der Waals surface area contributed by atoms with Gasteiger partial charge in [0.25, 0.3) is 0 Å².